The van der Waals surface area contributed by atoms with Crippen molar-refractivity contribution < 1.29 is 23.4 Å². The van der Waals surface area contributed by atoms with E-state index in [9.17, 15) is 13.6 Å². The Bertz CT molecular complexity index is 206. The summed E-state index contributed by atoms with van der Waals surface area (Å²) in [6.07, 6.45) is -0.363. The molecular formula is C8H12F2O3. The summed E-state index contributed by atoms with van der Waals surface area (Å²) >= 11 is 0. The molecule has 1 saturated heterocycles. The predicted octanol–water partition coefficient (Wildman–Crippen LogP) is 1.52. The summed E-state index contributed by atoms with van der Waals surface area (Å²) in [6, 6.07) is 0. The molecule has 1 rings (SSSR count). The molecule has 0 bridgehead atoms. The molecule has 1 fully saturated rings. The summed E-state index contributed by atoms with van der Waals surface area (Å²) in [5, 5.41) is 8.20. The molecule has 2 unspecified atom stereocenters. The number of carboxylic acids is 1. The third-order valence-corrected chi connectivity index (χ3v) is 2.36. The second-order valence-corrected chi connectivity index (χ2v) is 3.34. The SMILES string of the molecule is CC1OCCC1CC(F)(F)C(=O)O. The minimum absolute atomic E-state index is 0.259. The molecule has 5 heteroatoms. The lowest BCUT2D eigenvalue weighted by Gasteiger charge is -2.18. The molecule has 0 aliphatic carbocycles. The van der Waals surface area contributed by atoms with Crippen LogP contribution in [0.2, 0.25) is 0 Å². The molecule has 3 nitrogen and oxygen atoms in total. The van der Waals surface area contributed by atoms with Crippen LogP contribution in [-0.4, -0.2) is 29.7 Å². The van der Waals surface area contributed by atoms with Gasteiger partial charge in [0.25, 0.3) is 0 Å². The highest BCUT2D eigenvalue weighted by Gasteiger charge is 2.43. The fraction of sp³-hybridized carbons (Fsp3) is 0.875. The number of carboxylic acid groups (broad SMARTS) is 1. The first kappa shape index (κ1) is 10.4. The van der Waals surface area contributed by atoms with Gasteiger partial charge >= 0.3 is 11.9 Å². The van der Waals surface area contributed by atoms with Crippen LogP contribution in [0.3, 0.4) is 0 Å². The first-order valence-electron chi connectivity index (χ1n) is 4.16. The van der Waals surface area contributed by atoms with E-state index in [-0.39, 0.29) is 12.0 Å². The monoisotopic (exact) mass is 194 g/mol. The van der Waals surface area contributed by atoms with Crippen LogP contribution in [0.4, 0.5) is 8.78 Å². The summed E-state index contributed by atoms with van der Waals surface area (Å²) in [5.74, 6) is -6.01. The third kappa shape index (κ3) is 2.37. The van der Waals surface area contributed by atoms with Gasteiger partial charge in [-0.25, -0.2) is 4.79 Å². The summed E-state index contributed by atoms with van der Waals surface area (Å²) in [4.78, 5) is 10.1. The number of alkyl halides is 2. The Hall–Kier alpha value is -0.710. The minimum atomic E-state index is -3.62. The van der Waals surface area contributed by atoms with E-state index in [4.69, 9.17) is 9.84 Å². The van der Waals surface area contributed by atoms with Crippen LogP contribution < -0.4 is 0 Å². The summed E-state index contributed by atoms with van der Waals surface area (Å²) in [5.41, 5.74) is 0. The molecule has 0 saturated carbocycles. The van der Waals surface area contributed by atoms with Gasteiger partial charge in [-0.2, -0.15) is 8.78 Å². The Kier molecular flexibility index (Phi) is 2.85. The molecule has 13 heavy (non-hydrogen) atoms. The Balaban J connectivity index is 2.52. The van der Waals surface area contributed by atoms with E-state index in [0.29, 0.717) is 13.0 Å². The number of carbonyl (C=O) groups is 1. The van der Waals surface area contributed by atoms with Gasteiger partial charge in [0.05, 0.1) is 6.10 Å². The van der Waals surface area contributed by atoms with Crippen LogP contribution in [-0.2, 0) is 9.53 Å². The lowest BCUT2D eigenvalue weighted by molar-refractivity contribution is -0.167. The van der Waals surface area contributed by atoms with Crippen LogP contribution in [0.15, 0.2) is 0 Å². The first-order valence-corrected chi connectivity index (χ1v) is 4.16. The number of aliphatic carboxylic acids is 1. The van der Waals surface area contributed by atoms with Crippen molar-refractivity contribution in [1.29, 1.82) is 0 Å². The number of ether oxygens (including phenoxy) is 1. The van der Waals surface area contributed by atoms with Crippen LogP contribution in [0.5, 0.6) is 0 Å². The molecule has 0 spiro atoms. The third-order valence-electron chi connectivity index (χ3n) is 2.36. The molecule has 1 aliphatic rings. The van der Waals surface area contributed by atoms with Crippen LogP contribution >= 0.6 is 0 Å². The zero-order valence-corrected chi connectivity index (χ0v) is 7.30. The van der Waals surface area contributed by atoms with Gasteiger partial charge in [-0.1, -0.05) is 0 Å². The van der Waals surface area contributed by atoms with Crippen molar-refractivity contribution in [2.45, 2.75) is 31.8 Å². The van der Waals surface area contributed by atoms with Crippen LogP contribution in [0.1, 0.15) is 19.8 Å². The fourth-order valence-corrected chi connectivity index (χ4v) is 1.46. The zero-order chi connectivity index (χ0) is 10.1. The largest absolute Gasteiger partial charge is 0.477 e. The molecular weight excluding hydrogens is 182 g/mol. The maximum atomic E-state index is 12.7. The van der Waals surface area contributed by atoms with E-state index in [1.165, 1.54) is 0 Å². The zero-order valence-electron chi connectivity index (χ0n) is 7.30. The number of hydrogen-bond donors (Lipinski definition) is 1. The van der Waals surface area contributed by atoms with E-state index in [1.54, 1.807) is 6.92 Å². The van der Waals surface area contributed by atoms with Gasteiger partial charge in [0.2, 0.25) is 0 Å². The number of rotatable bonds is 3. The molecule has 1 N–H and O–H groups in total. The maximum Gasteiger partial charge on any atom is 0.374 e. The fourth-order valence-electron chi connectivity index (χ4n) is 1.46. The van der Waals surface area contributed by atoms with Crippen molar-refractivity contribution in [3.63, 3.8) is 0 Å². The first-order chi connectivity index (χ1) is 5.93. The highest BCUT2D eigenvalue weighted by Crippen LogP contribution is 2.32. The van der Waals surface area contributed by atoms with E-state index >= 15 is 0 Å². The molecule has 0 aromatic heterocycles. The predicted molar refractivity (Wildman–Crippen MR) is 40.7 cm³/mol. The maximum absolute atomic E-state index is 12.7. The van der Waals surface area contributed by atoms with Gasteiger partial charge in [0.15, 0.2) is 0 Å². The van der Waals surface area contributed by atoms with Crippen molar-refractivity contribution in [1.82, 2.24) is 0 Å². The summed E-state index contributed by atoms with van der Waals surface area (Å²) < 4.78 is 30.5. The Morgan fingerprint density at radius 2 is 2.31 bits per heavy atom. The summed E-state index contributed by atoms with van der Waals surface area (Å²) in [6.45, 7) is 2.14. The second kappa shape index (κ2) is 3.57. The normalized spacial score (nSPS) is 29.2. The molecule has 0 radical (unpaired) electrons. The highest BCUT2D eigenvalue weighted by atomic mass is 19.3. The van der Waals surface area contributed by atoms with Gasteiger partial charge < -0.3 is 9.84 Å². The van der Waals surface area contributed by atoms with Crippen molar-refractivity contribution >= 4 is 5.97 Å². The van der Waals surface area contributed by atoms with Gasteiger partial charge in [0.1, 0.15) is 0 Å². The Morgan fingerprint density at radius 1 is 1.69 bits per heavy atom. The van der Waals surface area contributed by atoms with Gasteiger partial charge in [-0.3, -0.25) is 0 Å². The smallest absolute Gasteiger partial charge is 0.374 e. The van der Waals surface area contributed by atoms with Crippen molar-refractivity contribution in [3.05, 3.63) is 0 Å². The number of hydrogen-bond acceptors (Lipinski definition) is 2. The molecule has 76 valence electrons. The standard InChI is InChI=1S/C8H12F2O3/c1-5-6(2-3-13-5)4-8(9,10)7(11)12/h5-6H,2-4H2,1H3,(H,11,12). The average molecular weight is 194 g/mol. The highest BCUT2D eigenvalue weighted by molar-refractivity contribution is 5.75. The summed E-state index contributed by atoms with van der Waals surface area (Å²) in [7, 11) is 0. The lowest BCUT2D eigenvalue weighted by Crippen LogP contribution is -2.32. The Labute approximate surface area is 74.7 Å². The van der Waals surface area contributed by atoms with Crippen LogP contribution in [0.25, 0.3) is 0 Å². The van der Waals surface area contributed by atoms with E-state index < -0.39 is 18.3 Å². The second-order valence-electron chi connectivity index (χ2n) is 3.34. The molecule has 1 aliphatic heterocycles. The lowest BCUT2D eigenvalue weighted by atomic mass is 9.95. The van der Waals surface area contributed by atoms with Crippen LogP contribution in [0, 0.1) is 5.92 Å². The minimum Gasteiger partial charge on any atom is -0.477 e. The molecule has 1 heterocycles. The number of halogens is 2. The van der Waals surface area contributed by atoms with Gasteiger partial charge in [0, 0.05) is 13.0 Å². The van der Waals surface area contributed by atoms with Gasteiger partial charge in [-0.15, -0.1) is 0 Å². The van der Waals surface area contributed by atoms with E-state index in [1.807, 2.05) is 0 Å². The van der Waals surface area contributed by atoms with Crippen molar-refractivity contribution in [3.8, 4) is 0 Å². The molecule has 0 aromatic rings. The van der Waals surface area contributed by atoms with E-state index in [2.05, 4.69) is 0 Å². The molecule has 0 amide bonds. The Morgan fingerprint density at radius 3 is 2.69 bits per heavy atom. The molecule has 2 atom stereocenters. The van der Waals surface area contributed by atoms with Crippen molar-refractivity contribution in [2.75, 3.05) is 6.61 Å². The van der Waals surface area contributed by atoms with Crippen molar-refractivity contribution in [2.24, 2.45) is 5.92 Å². The quantitative estimate of drug-likeness (QED) is 0.740. The van der Waals surface area contributed by atoms with Gasteiger partial charge in [-0.05, 0) is 19.3 Å². The molecule has 0 aromatic carbocycles. The average Bonchev–Trinajstić information content (AvgIpc) is 2.35. The van der Waals surface area contributed by atoms with E-state index in [0.717, 1.165) is 0 Å². The topological polar surface area (TPSA) is 46.5 Å².